The molecule has 3 aromatic rings. The first kappa shape index (κ1) is 20.7. The van der Waals surface area contributed by atoms with E-state index in [0.717, 1.165) is 23.5 Å². The largest absolute Gasteiger partial charge is 0.495 e. The summed E-state index contributed by atoms with van der Waals surface area (Å²) in [5.74, 6) is -0.171. The maximum atomic E-state index is 13.0. The normalized spacial score (nSPS) is 11.1. The molecule has 1 heterocycles. The van der Waals surface area contributed by atoms with Crippen molar-refractivity contribution in [2.45, 2.75) is 17.7 Å². The number of benzene rings is 2. The SMILES string of the molecule is COc1ccccc1NC(=O)CCc1csc(NS(=O)(=O)c2ccc(F)cc2)n1. The van der Waals surface area contributed by atoms with Crippen LogP contribution in [-0.4, -0.2) is 26.4 Å². The zero-order valence-electron chi connectivity index (χ0n) is 15.4. The third kappa shape index (κ3) is 5.52. The number of carbonyl (C=O) groups excluding carboxylic acids is 1. The Hall–Kier alpha value is -2.98. The minimum absolute atomic E-state index is 0.0631. The fourth-order valence-corrected chi connectivity index (χ4v) is 4.46. The second kappa shape index (κ2) is 9.01. The van der Waals surface area contributed by atoms with Crippen LogP contribution in [0.5, 0.6) is 5.75 Å². The summed E-state index contributed by atoms with van der Waals surface area (Å²) in [4.78, 5) is 16.3. The number of methoxy groups -OCH3 is 1. The van der Waals surface area contributed by atoms with Gasteiger partial charge in [-0.15, -0.1) is 11.3 Å². The molecule has 0 aliphatic rings. The summed E-state index contributed by atoms with van der Waals surface area (Å²) in [6, 6.07) is 11.6. The highest BCUT2D eigenvalue weighted by atomic mass is 32.2. The van der Waals surface area contributed by atoms with Crippen molar-refractivity contribution in [1.82, 2.24) is 4.98 Å². The van der Waals surface area contributed by atoms with Crippen LogP contribution in [0.2, 0.25) is 0 Å². The summed E-state index contributed by atoms with van der Waals surface area (Å²) in [5, 5.41) is 4.63. The molecular weight excluding hydrogens is 417 g/mol. The van der Waals surface area contributed by atoms with Crippen molar-refractivity contribution in [3.8, 4) is 5.75 Å². The van der Waals surface area contributed by atoms with Crippen molar-refractivity contribution < 1.29 is 22.3 Å². The molecule has 2 aromatic carbocycles. The average molecular weight is 436 g/mol. The second-order valence-corrected chi connectivity index (χ2v) is 8.49. The fourth-order valence-electron chi connectivity index (χ4n) is 2.46. The molecule has 0 saturated heterocycles. The van der Waals surface area contributed by atoms with Gasteiger partial charge >= 0.3 is 0 Å². The number of aryl methyl sites for hydroxylation is 1. The third-order valence-corrected chi connectivity index (χ3v) is 6.18. The van der Waals surface area contributed by atoms with Crippen LogP contribution < -0.4 is 14.8 Å². The van der Waals surface area contributed by atoms with Crippen molar-refractivity contribution in [3.05, 3.63) is 65.4 Å². The molecule has 10 heteroatoms. The number of para-hydroxylation sites is 2. The van der Waals surface area contributed by atoms with Crippen LogP contribution in [0.1, 0.15) is 12.1 Å². The van der Waals surface area contributed by atoms with Crippen molar-refractivity contribution in [2.24, 2.45) is 0 Å². The Morgan fingerprint density at radius 1 is 1.17 bits per heavy atom. The number of carbonyl (C=O) groups is 1. The Labute approximate surface area is 171 Å². The molecule has 0 spiro atoms. The lowest BCUT2D eigenvalue weighted by Gasteiger charge is -2.09. The van der Waals surface area contributed by atoms with Gasteiger partial charge in [-0.1, -0.05) is 12.1 Å². The van der Waals surface area contributed by atoms with Crippen LogP contribution in [0.4, 0.5) is 15.2 Å². The van der Waals surface area contributed by atoms with Gasteiger partial charge in [0.25, 0.3) is 10.0 Å². The van der Waals surface area contributed by atoms with Crippen molar-refractivity contribution in [2.75, 3.05) is 17.1 Å². The number of hydrogen-bond donors (Lipinski definition) is 2. The van der Waals surface area contributed by atoms with Crippen molar-refractivity contribution in [1.29, 1.82) is 0 Å². The Balaban J connectivity index is 1.57. The number of anilines is 2. The highest BCUT2D eigenvalue weighted by molar-refractivity contribution is 7.93. The summed E-state index contributed by atoms with van der Waals surface area (Å²) in [6.45, 7) is 0. The molecule has 2 N–H and O–H groups in total. The first-order valence-electron chi connectivity index (χ1n) is 8.53. The maximum Gasteiger partial charge on any atom is 0.263 e. The Bertz CT molecular complexity index is 1100. The van der Waals surface area contributed by atoms with Crippen molar-refractivity contribution in [3.63, 3.8) is 0 Å². The predicted molar refractivity (Wildman–Crippen MR) is 109 cm³/mol. The number of amides is 1. The zero-order chi connectivity index (χ0) is 20.9. The second-order valence-electron chi connectivity index (χ2n) is 5.95. The first-order chi connectivity index (χ1) is 13.9. The van der Waals surface area contributed by atoms with E-state index in [9.17, 15) is 17.6 Å². The molecule has 0 aliphatic carbocycles. The van der Waals surface area contributed by atoms with Crippen LogP contribution in [0.25, 0.3) is 0 Å². The molecule has 0 fully saturated rings. The van der Waals surface area contributed by atoms with Crippen LogP contribution in [0.15, 0.2) is 58.8 Å². The van der Waals surface area contributed by atoms with E-state index in [0.29, 0.717) is 23.6 Å². The van der Waals surface area contributed by atoms with Crippen LogP contribution in [-0.2, 0) is 21.2 Å². The topological polar surface area (TPSA) is 97.4 Å². The maximum absolute atomic E-state index is 13.0. The molecule has 1 amide bonds. The van der Waals surface area contributed by atoms with E-state index in [1.807, 2.05) is 0 Å². The summed E-state index contributed by atoms with van der Waals surface area (Å²) < 4.78 is 45.1. The van der Waals surface area contributed by atoms with Crippen molar-refractivity contribution >= 4 is 38.1 Å². The van der Waals surface area contributed by atoms with E-state index >= 15 is 0 Å². The molecule has 0 radical (unpaired) electrons. The van der Waals surface area contributed by atoms with Crippen LogP contribution >= 0.6 is 11.3 Å². The molecule has 29 heavy (non-hydrogen) atoms. The predicted octanol–water partition coefficient (Wildman–Crippen LogP) is 3.66. The summed E-state index contributed by atoms with van der Waals surface area (Å²) in [7, 11) is -2.34. The van der Waals surface area contributed by atoms with Gasteiger partial charge in [0, 0.05) is 11.8 Å². The number of hydrogen-bond acceptors (Lipinski definition) is 6. The molecule has 7 nitrogen and oxygen atoms in total. The summed E-state index contributed by atoms with van der Waals surface area (Å²) >= 11 is 1.11. The Morgan fingerprint density at radius 3 is 2.62 bits per heavy atom. The van der Waals surface area contributed by atoms with Gasteiger partial charge < -0.3 is 10.1 Å². The standard InChI is InChI=1S/C19H18FN3O4S2/c1-27-17-5-3-2-4-16(17)22-18(24)11-8-14-12-28-19(21-14)23-29(25,26)15-9-6-13(20)7-10-15/h2-7,9-10,12H,8,11H2,1H3,(H,21,23)(H,22,24). The molecule has 0 aliphatic heterocycles. The highest BCUT2D eigenvalue weighted by Crippen LogP contribution is 2.24. The smallest absolute Gasteiger partial charge is 0.263 e. The minimum Gasteiger partial charge on any atom is -0.495 e. The number of rotatable bonds is 8. The molecule has 1 aromatic heterocycles. The number of aromatic nitrogens is 1. The van der Waals surface area contributed by atoms with Gasteiger partial charge in [0.15, 0.2) is 5.13 Å². The molecule has 152 valence electrons. The van der Waals surface area contributed by atoms with E-state index in [2.05, 4.69) is 15.0 Å². The van der Waals surface area contributed by atoms with Gasteiger partial charge in [0.1, 0.15) is 11.6 Å². The molecular formula is C19H18FN3O4S2. The van der Waals surface area contributed by atoms with Gasteiger partial charge in [-0.3, -0.25) is 9.52 Å². The highest BCUT2D eigenvalue weighted by Gasteiger charge is 2.16. The number of ether oxygens (including phenoxy) is 1. The van der Waals surface area contributed by atoms with Gasteiger partial charge in [-0.05, 0) is 42.8 Å². The van der Waals surface area contributed by atoms with E-state index in [1.54, 1.807) is 29.6 Å². The van der Waals surface area contributed by atoms with Gasteiger partial charge in [-0.2, -0.15) is 0 Å². The fraction of sp³-hybridized carbons (Fsp3) is 0.158. The summed E-state index contributed by atoms with van der Waals surface area (Å²) in [6.07, 6.45) is 0.516. The molecule has 0 bridgehead atoms. The lowest BCUT2D eigenvalue weighted by atomic mass is 10.2. The lowest BCUT2D eigenvalue weighted by Crippen LogP contribution is -2.14. The number of nitrogens with one attached hydrogen (secondary N) is 2. The average Bonchev–Trinajstić information content (AvgIpc) is 3.14. The van der Waals surface area contributed by atoms with Gasteiger partial charge in [0.05, 0.1) is 23.4 Å². The molecule has 0 atom stereocenters. The van der Waals surface area contributed by atoms with Gasteiger partial charge in [-0.25, -0.2) is 17.8 Å². The van der Waals surface area contributed by atoms with Crippen LogP contribution in [0.3, 0.4) is 0 Å². The lowest BCUT2D eigenvalue weighted by molar-refractivity contribution is -0.116. The van der Waals surface area contributed by atoms with E-state index < -0.39 is 15.8 Å². The monoisotopic (exact) mass is 435 g/mol. The van der Waals surface area contributed by atoms with E-state index in [1.165, 1.54) is 19.2 Å². The molecule has 3 rings (SSSR count). The van der Waals surface area contributed by atoms with Crippen LogP contribution in [0, 0.1) is 5.82 Å². The summed E-state index contributed by atoms with van der Waals surface area (Å²) in [5.41, 5.74) is 1.16. The number of thiazole rings is 1. The third-order valence-electron chi connectivity index (χ3n) is 3.89. The number of sulfonamides is 1. The number of halogens is 1. The van der Waals surface area contributed by atoms with Gasteiger partial charge in [0.2, 0.25) is 5.91 Å². The Kier molecular flexibility index (Phi) is 6.45. The number of nitrogens with zero attached hydrogens (tertiary/aromatic N) is 1. The molecule has 0 unspecified atom stereocenters. The van der Waals surface area contributed by atoms with E-state index in [4.69, 9.17) is 4.74 Å². The minimum atomic E-state index is -3.86. The first-order valence-corrected chi connectivity index (χ1v) is 10.9. The zero-order valence-corrected chi connectivity index (χ0v) is 17.0. The van der Waals surface area contributed by atoms with E-state index in [-0.39, 0.29) is 22.4 Å². The quantitative estimate of drug-likeness (QED) is 0.563. The molecule has 0 saturated carbocycles. The Morgan fingerprint density at radius 2 is 1.90 bits per heavy atom.